The topological polar surface area (TPSA) is 84.5 Å². The monoisotopic (exact) mass is 418 g/mol. The number of hydrogen-bond donors (Lipinski definition) is 1. The summed E-state index contributed by atoms with van der Waals surface area (Å²) in [6.07, 6.45) is 1.61. The molecule has 3 amide bonds. The van der Waals surface area contributed by atoms with E-state index in [-0.39, 0.29) is 24.1 Å². The first kappa shape index (κ1) is 19.5. The van der Waals surface area contributed by atoms with Gasteiger partial charge < -0.3 is 19.0 Å². The average Bonchev–Trinajstić information content (AvgIpc) is 3.36. The van der Waals surface area contributed by atoms with Crippen molar-refractivity contribution in [2.24, 2.45) is 0 Å². The van der Waals surface area contributed by atoms with Crippen molar-refractivity contribution in [1.82, 2.24) is 4.90 Å². The molecule has 1 aromatic heterocycles. The van der Waals surface area contributed by atoms with E-state index in [4.69, 9.17) is 20.8 Å². The van der Waals surface area contributed by atoms with Crippen molar-refractivity contribution in [2.75, 3.05) is 38.2 Å². The van der Waals surface area contributed by atoms with Gasteiger partial charge in [-0.05, 0) is 30.3 Å². The summed E-state index contributed by atoms with van der Waals surface area (Å²) in [5.74, 6) is 0.148. The number of nitrogens with one attached hydrogen (secondary N) is 1. The van der Waals surface area contributed by atoms with Crippen molar-refractivity contribution in [3.63, 3.8) is 0 Å². The number of imide groups is 1. The molecule has 0 radical (unpaired) electrons. The first-order valence-electron chi connectivity index (χ1n) is 9.37. The van der Waals surface area contributed by atoms with Gasteiger partial charge in [-0.3, -0.25) is 14.4 Å². The van der Waals surface area contributed by atoms with Crippen LogP contribution < -0.4 is 14.5 Å². The Bertz CT molecular complexity index is 938. The number of ether oxygens (including phenoxy) is 1. The second-order valence-electron chi connectivity index (χ2n) is 7.07. The van der Waals surface area contributed by atoms with Gasteiger partial charge in [0.15, 0.2) is 11.8 Å². The Labute approximate surface area is 172 Å². The Balaban J connectivity index is 1.43. The molecule has 0 unspecified atom stereocenters. The van der Waals surface area contributed by atoms with Gasteiger partial charge in [-0.2, -0.15) is 0 Å². The normalized spacial score (nSPS) is 20.4. The predicted molar refractivity (Wildman–Crippen MR) is 104 cm³/mol. The quantitative estimate of drug-likeness (QED) is 0.736. The summed E-state index contributed by atoms with van der Waals surface area (Å²) >= 11 is 6.15. The van der Waals surface area contributed by atoms with Crippen molar-refractivity contribution in [2.45, 2.75) is 12.5 Å². The van der Waals surface area contributed by atoms with Crippen LogP contribution in [0.1, 0.15) is 17.0 Å². The molecule has 152 valence electrons. The van der Waals surface area contributed by atoms with E-state index in [0.717, 1.165) is 4.90 Å². The van der Waals surface area contributed by atoms with Gasteiger partial charge in [0.1, 0.15) is 5.75 Å². The zero-order chi connectivity index (χ0) is 20.5. The second-order valence-corrected chi connectivity index (χ2v) is 7.48. The summed E-state index contributed by atoms with van der Waals surface area (Å²) in [7, 11) is 1.50. The third-order valence-electron chi connectivity index (χ3n) is 5.46. The molecule has 8 nitrogen and oxygen atoms in total. The smallest absolute Gasteiger partial charge is 0.292 e. The van der Waals surface area contributed by atoms with Gasteiger partial charge in [-0.1, -0.05) is 11.6 Å². The van der Waals surface area contributed by atoms with Crippen LogP contribution in [0, 0.1) is 0 Å². The van der Waals surface area contributed by atoms with Gasteiger partial charge >= 0.3 is 0 Å². The number of carbonyl (C=O) groups is 3. The fourth-order valence-corrected chi connectivity index (χ4v) is 4.17. The van der Waals surface area contributed by atoms with E-state index in [1.54, 1.807) is 35.2 Å². The van der Waals surface area contributed by atoms with Crippen LogP contribution in [0.3, 0.4) is 0 Å². The van der Waals surface area contributed by atoms with Crippen LogP contribution in [0.25, 0.3) is 0 Å². The number of nitrogens with zero attached hydrogens (tertiary/aromatic N) is 2. The molecule has 2 aromatic rings. The van der Waals surface area contributed by atoms with Crippen LogP contribution in [-0.4, -0.2) is 62.0 Å². The molecule has 2 aliphatic rings. The van der Waals surface area contributed by atoms with Crippen LogP contribution in [0.2, 0.25) is 5.02 Å². The number of quaternary nitrogens is 1. The maximum Gasteiger partial charge on any atom is 0.292 e. The van der Waals surface area contributed by atoms with Gasteiger partial charge in [0.25, 0.3) is 11.8 Å². The van der Waals surface area contributed by atoms with Crippen LogP contribution >= 0.6 is 11.6 Å². The molecule has 1 N–H and O–H groups in total. The molecule has 2 saturated heterocycles. The number of halogens is 1. The van der Waals surface area contributed by atoms with E-state index >= 15 is 0 Å². The number of piperazine rings is 1. The van der Waals surface area contributed by atoms with E-state index in [0.29, 0.717) is 48.4 Å². The largest absolute Gasteiger partial charge is 0.495 e. The number of benzene rings is 1. The fraction of sp³-hybridized carbons (Fsp3) is 0.350. The van der Waals surface area contributed by atoms with Gasteiger partial charge in [0, 0.05) is 0 Å². The highest BCUT2D eigenvalue weighted by atomic mass is 35.5. The van der Waals surface area contributed by atoms with E-state index in [9.17, 15) is 14.4 Å². The van der Waals surface area contributed by atoms with Crippen molar-refractivity contribution in [3.05, 3.63) is 47.4 Å². The van der Waals surface area contributed by atoms with Gasteiger partial charge in [0.05, 0.1) is 56.7 Å². The Morgan fingerprint density at radius 3 is 2.62 bits per heavy atom. The molecule has 2 aliphatic heterocycles. The van der Waals surface area contributed by atoms with Gasteiger partial charge in [-0.25, -0.2) is 4.90 Å². The summed E-state index contributed by atoms with van der Waals surface area (Å²) in [6, 6.07) is 7.71. The molecule has 0 spiro atoms. The van der Waals surface area contributed by atoms with Crippen molar-refractivity contribution < 1.29 is 28.4 Å². The summed E-state index contributed by atoms with van der Waals surface area (Å²) in [6.45, 7) is 2.18. The Morgan fingerprint density at radius 2 is 2.00 bits per heavy atom. The Kier molecular flexibility index (Phi) is 5.29. The zero-order valence-corrected chi connectivity index (χ0v) is 16.6. The predicted octanol–water partition coefficient (Wildman–Crippen LogP) is 0.614. The maximum absolute atomic E-state index is 13.0. The van der Waals surface area contributed by atoms with Crippen molar-refractivity contribution in [1.29, 1.82) is 0 Å². The SMILES string of the molecule is COc1ccc(N2C(=O)C[C@@H]([NH+]3CCN(C(=O)c4ccco4)CC3)C2=O)cc1Cl. The molecular weight excluding hydrogens is 398 g/mol. The first-order valence-corrected chi connectivity index (χ1v) is 9.75. The lowest BCUT2D eigenvalue weighted by molar-refractivity contribution is -0.918. The van der Waals surface area contributed by atoms with E-state index in [2.05, 4.69) is 0 Å². The molecule has 2 fully saturated rings. The summed E-state index contributed by atoms with van der Waals surface area (Å²) in [4.78, 5) is 41.9. The van der Waals surface area contributed by atoms with E-state index in [1.807, 2.05) is 0 Å². The number of amides is 3. The lowest BCUT2D eigenvalue weighted by atomic mass is 10.1. The van der Waals surface area contributed by atoms with Crippen LogP contribution in [-0.2, 0) is 9.59 Å². The average molecular weight is 419 g/mol. The number of methoxy groups -OCH3 is 1. The molecule has 3 heterocycles. The fourth-order valence-electron chi connectivity index (χ4n) is 3.92. The second kappa shape index (κ2) is 7.88. The van der Waals surface area contributed by atoms with Gasteiger partial charge in [-0.15, -0.1) is 0 Å². The van der Waals surface area contributed by atoms with Crippen LogP contribution in [0.5, 0.6) is 5.75 Å². The summed E-state index contributed by atoms with van der Waals surface area (Å²) in [5, 5.41) is 0.339. The zero-order valence-electron chi connectivity index (χ0n) is 15.9. The number of carbonyl (C=O) groups excluding carboxylic acids is 3. The highest BCUT2D eigenvalue weighted by Gasteiger charge is 2.46. The number of anilines is 1. The standard InChI is InChI=1S/C20H20ClN3O5/c1-28-16-5-4-13(11-14(16)21)24-18(25)12-15(19(24)26)22-6-8-23(9-7-22)20(27)17-3-2-10-29-17/h2-5,10-11,15H,6-9,12H2,1H3/p+1/t15-/m1/s1. The lowest BCUT2D eigenvalue weighted by Gasteiger charge is -2.34. The maximum atomic E-state index is 13.0. The molecule has 1 aromatic carbocycles. The highest BCUT2D eigenvalue weighted by molar-refractivity contribution is 6.32. The van der Waals surface area contributed by atoms with Crippen molar-refractivity contribution >= 4 is 35.0 Å². The third kappa shape index (κ3) is 3.61. The van der Waals surface area contributed by atoms with Gasteiger partial charge in [0.2, 0.25) is 5.91 Å². The minimum absolute atomic E-state index is 0.143. The van der Waals surface area contributed by atoms with Crippen molar-refractivity contribution in [3.8, 4) is 5.75 Å². The summed E-state index contributed by atoms with van der Waals surface area (Å²) in [5.41, 5.74) is 0.444. The highest BCUT2D eigenvalue weighted by Crippen LogP contribution is 2.31. The third-order valence-corrected chi connectivity index (χ3v) is 5.75. The number of rotatable bonds is 4. The van der Waals surface area contributed by atoms with E-state index in [1.165, 1.54) is 18.3 Å². The molecule has 0 aliphatic carbocycles. The molecular formula is C20H21ClN3O5+. The lowest BCUT2D eigenvalue weighted by Crippen LogP contribution is -3.19. The van der Waals surface area contributed by atoms with Crippen LogP contribution in [0.15, 0.2) is 41.0 Å². The minimum Gasteiger partial charge on any atom is -0.495 e. The molecule has 9 heteroatoms. The molecule has 1 atom stereocenters. The molecule has 0 saturated carbocycles. The molecule has 0 bridgehead atoms. The molecule has 29 heavy (non-hydrogen) atoms. The van der Waals surface area contributed by atoms with E-state index < -0.39 is 6.04 Å². The first-order chi connectivity index (χ1) is 14.0. The summed E-state index contributed by atoms with van der Waals surface area (Å²) < 4.78 is 10.3. The van der Waals surface area contributed by atoms with Crippen LogP contribution in [0.4, 0.5) is 5.69 Å². The Hall–Kier alpha value is -2.84. The minimum atomic E-state index is -0.454. The molecule has 4 rings (SSSR count). The Morgan fingerprint density at radius 1 is 1.24 bits per heavy atom. The number of hydrogen-bond acceptors (Lipinski definition) is 5. The number of furan rings is 1.